The normalized spacial score (nSPS) is 22.2. The molecule has 2 aromatic heterocycles. The molecule has 0 radical (unpaired) electrons. The van der Waals surface area contributed by atoms with Crippen LogP contribution in [0, 0.1) is 17.3 Å². The molecule has 0 saturated carbocycles. The van der Waals surface area contributed by atoms with Crippen LogP contribution in [0.5, 0.6) is 5.75 Å². The van der Waals surface area contributed by atoms with Crippen LogP contribution < -0.4 is 15.6 Å². The van der Waals surface area contributed by atoms with Crippen molar-refractivity contribution in [3.8, 4) is 28.1 Å². The molecule has 2 aromatic carbocycles. The summed E-state index contributed by atoms with van der Waals surface area (Å²) in [4.78, 5) is 79.7. The number of phenolic OH excluding ortho intramolecular Hbond substituents is 1. The number of hydrogen-bond acceptors (Lipinski definition) is 11. The number of nitrogens with zero attached hydrogens (tertiary/aromatic N) is 6. The van der Waals surface area contributed by atoms with E-state index in [1.54, 1.807) is 31.2 Å². The van der Waals surface area contributed by atoms with Crippen LogP contribution in [0.2, 0.25) is 0 Å². The van der Waals surface area contributed by atoms with E-state index < -0.39 is 47.2 Å². The Balaban J connectivity index is 1.21. The summed E-state index contributed by atoms with van der Waals surface area (Å²) in [5.41, 5.74) is 9.96. The van der Waals surface area contributed by atoms with E-state index in [9.17, 15) is 29.1 Å². The molecule has 4 aliphatic rings. The zero-order valence-electron chi connectivity index (χ0n) is 41.3. The van der Waals surface area contributed by atoms with E-state index in [1.165, 1.54) is 16.0 Å². The van der Waals surface area contributed by atoms with Gasteiger partial charge in [-0.15, -0.1) is 0 Å². The number of pyridine rings is 1. The summed E-state index contributed by atoms with van der Waals surface area (Å²) in [5.74, 6) is -1.97. The van der Waals surface area contributed by atoms with Gasteiger partial charge in [-0.2, -0.15) is 0 Å². The Labute approximate surface area is 404 Å². The third-order valence-electron chi connectivity index (χ3n) is 14.5. The van der Waals surface area contributed by atoms with Crippen molar-refractivity contribution in [3.63, 3.8) is 0 Å². The van der Waals surface area contributed by atoms with Crippen molar-refractivity contribution in [1.29, 1.82) is 0 Å². The van der Waals surface area contributed by atoms with Crippen molar-refractivity contribution >= 4 is 46.3 Å². The van der Waals surface area contributed by atoms with Crippen LogP contribution >= 0.6 is 0 Å². The van der Waals surface area contributed by atoms with Crippen molar-refractivity contribution in [1.82, 2.24) is 35.1 Å². The molecule has 0 aliphatic carbocycles. The number of fused-ring (bicyclic) bond motifs is 7. The first-order valence-corrected chi connectivity index (χ1v) is 24.4. The number of amides is 4. The number of aryl methyl sites for hydroxylation is 1. The molecular formula is C53H68N8O8. The molecule has 5 atom stereocenters. The molecule has 0 unspecified atom stereocenters. The van der Waals surface area contributed by atoms with Gasteiger partial charge >= 0.3 is 5.97 Å². The number of benzene rings is 2. The fourth-order valence-corrected chi connectivity index (χ4v) is 11.0. The second-order valence-electron chi connectivity index (χ2n) is 20.4. The molecule has 16 nitrogen and oxygen atoms in total. The number of cyclic esters (lactones) is 1. The standard InChI is InChI=1S/C53H68N8O8/c1-10-44(63)59-22-17-34(29-59)50(65)58(8)46(31(3)4)49(64)55-41-25-32-23-35(26-36(62)24-32)33-14-15-42-38(27-33)39(28-53(5,6)30-69-52(67)40-13-12-20-61(56-40)51(41)66)47(60(42)11-2)37-16-19-54-48-45(37)43(68-9)18-21-57(48)7/h10,14-16,19,23-24,26-27,31,34,40-41,43,46,56,62H,1,11-13,17-18,20-22,25,28-30H2,2-9H3,(H,55,64)/t34-,40-,41-,43-,46-/m0/s1. The van der Waals surface area contributed by atoms with Crippen molar-refractivity contribution in [2.75, 3.05) is 58.9 Å². The smallest absolute Gasteiger partial charge is 0.324 e. The largest absolute Gasteiger partial charge is 0.508 e. The number of likely N-dealkylation sites (N-methyl/N-ethyl adjacent to an activating group) is 1. The van der Waals surface area contributed by atoms with Gasteiger partial charge in [0.25, 0.3) is 5.91 Å². The Bertz CT molecular complexity index is 2660. The molecule has 69 heavy (non-hydrogen) atoms. The summed E-state index contributed by atoms with van der Waals surface area (Å²) in [6.45, 7) is 16.1. The van der Waals surface area contributed by atoms with Crippen LogP contribution in [-0.2, 0) is 52.8 Å². The summed E-state index contributed by atoms with van der Waals surface area (Å²) in [6, 6.07) is 10.7. The fourth-order valence-electron chi connectivity index (χ4n) is 11.0. The van der Waals surface area contributed by atoms with Gasteiger partial charge in [0.1, 0.15) is 29.7 Å². The number of esters is 1. The van der Waals surface area contributed by atoms with E-state index in [1.807, 2.05) is 32.2 Å². The molecule has 4 aliphatic heterocycles. The highest BCUT2D eigenvalue weighted by Crippen LogP contribution is 2.46. The molecule has 8 rings (SSSR count). The number of hydrogen-bond donors (Lipinski definition) is 3. The maximum atomic E-state index is 14.8. The number of ether oxygens (including phenoxy) is 2. The number of carbonyl (C=O) groups excluding carboxylic acids is 5. The molecular weight excluding hydrogens is 877 g/mol. The SMILES string of the molecule is C=CC(=O)N1CC[C@H](C(=O)N(C)[C@H](C(=O)N[C@H]2Cc3cc(O)cc(c3)-c3ccc4c(c3)c(c(-c3ccnc5c3[C@@H](OC)CCN5C)n4CC)CC(C)(C)COC(=O)[C@@H]3CCCN(N3)C2=O)C(C)C)C1. The summed E-state index contributed by atoms with van der Waals surface area (Å²) < 4.78 is 14.6. The molecule has 6 bridgehead atoms. The minimum Gasteiger partial charge on any atom is -0.508 e. The molecule has 2 saturated heterocycles. The van der Waals surface area contributed by atoms with Gasteiger partial charge in [0, 0.05) is 94.0 Å². The van der Waals surface area contributed by atoms with Crippen molar-refractivity contribution in [2.45, 2.75) is 104 Å². The topological polar surface area (TPSA) is 179 Å². The number of carbonyl (C=O) groups is 5. The fraction of sp³-hybridized carbons (Fsp3) is 0.509. The van der Waals surface area contributed by atoms with Crippen LogP contribution in [0.15, 0.2) is 61.3 Å². The second kappa shape index (κ2) is 20.0. The predicted molar refractivity (Wildman–Crippen MR) is 264 cm³/mol. The number of aromatic nitrogens is 2. The van der Waals surface area contributed by atoms with E-state index in [0.29, 0.717) is 44.3 Å². The average Bonchev–Trinajstić information content (AvgIpc) is 3.95. The van der Waals surface area contributed by atoms with Crippen LogP contribution in [0.4, 0.5) is 5.82 Å². The van der Waals surface area contributed by atoms with Gasteiger partial charge in [0.05, 0.1) is 24.3 Å². The van der Waals surface area contributed by atoms with E-state index >= 15 is 0 Å². The molecule has 2 fully saturated rings. The zero-order valence-corrected chi connectivity index (χ0v) is 41.3. The number of aromatic hydroxyl groups is 1. The van der Waals surface area contributed by atoms with E-state index in [0.717, 1.165) is 63.2 Å². The highest BCUT2D eigenvalue weighted by Gasteiger charge is 2.41. The van der Waals surface area contributed by atoms with Crippen LogP contribution in [0.1, 0.15) is 83.1 Å². The lowest BCUT2D eigenvalue weighted by Crippen LogP contribution is -2.62. The summed E-state index contributed by atoms with van der Waals surface area (Å²) in [6.07, 6.45) is 5.68. The molecule has 0 spiro atoms. The Kier molecular flexibility index (Phi) is 14.2. The first kappa shape index (κ1) is 49.2. The van der Waals surface area contributed by atoms with Gasteiger partial charge < -0.3 is 39.2 Å². The maximum absolute atomic E-state index is 14.8. The van der Waals surface area contributed by atoms with Crippen molar-refractivity contribution in [3.05, 3.63) is 78.0 Å². The van der Waals surface area contributed by atoms with Gasteiger partial charge in [0.15, 0.2) is 0 Å². The predicted octanol–water partition coefficient (Wildman–Crippen LogP) is 5.79. The highest BCUT2D eigenvalue weighted by molar-refractivity contribution is 5.97. The molecule has 6 heterocycles. The average molecular weight is 945 g/mol. The van der Waals surface area contributed by atoms with Gasteiger partial charge in [-0.25, -0.2) is 10.4 Å². The number of methoxy groups -OCH3 is 1. The number of phenols is 1. The number of nitrogens with one attached hydrogen (secondary N) is 2. The maximum Gasteiger partial charge on any atom is 0.324 e. The quantitative estimate of drug-likeness (QED) is 0.137. The zero-order chi connectivity index (χ0) is 49.5. The molecule has 16 heteroatoms. The summed E-state index contributed by atoms with van der Waals surface area (Å²) in [5, 5.41) is 16.8. The van der Waals surface area contributed by atoms with E-state index in [-0.39, 0.29) is 55.7 Å². The molecule has 4 amide bonds. The van der Waals surface area contributed by atoms with Crippen LogP contribution in [0.3, 0.4) is 0 Å². The van der Waals surface area contributed by atoms with Gasteiger partial charge in [0.2, 0.25) is 17.7 Å². The second-order valence-corrected chi connectivity index (χ2v) is 20.4. The first-order valence-electron chi connectivity index (χ1n) is 24.4. The minimum absolute atomic E-state index is 0.00863. The Morgan fingerprint density at radius 2 is 1.86 bits per heavy atom. The Morgan fingerprint density at radius 3 is 2.58 bits per heavy atom. The number of likely N-dealkylation sites (tertiary alicyclic amines) is 1. The summed E-state index contributed by atoms with van der Waals surface area (Å²) in [7, 11) is 5.39. The lowest BCUT2D eigenvalue weighted by Gasteiger charge is -2.37. The number of anilines is 1. The molecule has 368 valence electrons. The van der Waals surface area contributed by atoms with Crippen molar-refractivity contribution < 1.29 is 38.6 Å². The minimum atomic E-state index is -1.17. The van der Waals surface area contributed by atoms with Crippen LogP contribution in [-0.4, -0.2) is 131 Å². The monoisotopic (exact) mass is 945 g/mol. The van der Waals surface area contributed by atoms with E-state index in [4.69, 9.17) is 14.5 Å². The van der Waals surface area contributed by atoms with Crippen LogP contribution in [0.25, 0.3) is 33.3 Å². The molecule has 3 N–H and O–H groups in total. The third kappa shape index (κ3) is 9.83. The van der Waals surface area contributed by atoms with Gasteiger partial charge in [-0.1, -0.05) is 46.4 Å². The first-order chi connectivity index (χ1) is 32.9. The Hall–Kier alpha value is -6.26. The third-order valence-corrected chi connectivity index (χ3v) is 14.5. The van der Waals surface area contributed by atoms with E-state index in [2.05, 4.69) is 72.8 Å². The summed E-state index contributed by atoms with van der Waals surface area (Å²) >= 11 is 0. The van der Waals surface area contributed by atoms with Crippen molar-refractivity contribution in [2.24, 2.45) is 17.3 Å². The lowest BCUT2D eigenvalue weighted by atomic mass is 9.83. The highest BCUT2D eigenvalue weighted by atomic mass is 16.5. The Morgan fingerprint density at radius 1 is 1.07 bits per heavy atom. The number of rotatable bonds is 9. The van der Waals surface area contributed by atoms with Gasteiger partial charge in [-0.3, -0.25) is 29.0 Å². The lowest BCUT2D eigenvalue weighted by molar-refractivity contribution is -0.155. The molecule has 4 aromatic rings. The van der Waals surface area contributed by atoms with Gasteiger partial charge in [-0.05, 0) is 104 Å². The number of hydrazine groups is 1.